The van der Waals surface area contributed by atoms with Crippen molar-refractivity contribution in [3.8, 4) is 23.0 Å². The van der Waals surface area contributed by atoms with Gasteiger partial charge >= 0.3 is 0 Å². The van der Waals surface area contributed by atoms with Crippen molar-refractivity contribution in [2.75, 3.05) is 27.4 Å². The summed E-state index contributed by atoms with van der Waals surface area (Å²) in [7, 11) is 3.09. The molecule has 1 aliphatic carbocycles. The Kier molecular flexibility index (Phi) is 8.10. The van der Waals surface area contributed by atoms with Crippen molar-refractivity contribution >= 4 is 41.1 Å². The molecular weight excluding hydrogens is 451 g/mol. The smallest absolute Gasteiger partial charge is 0.185 e. The number of carbonyl (C=O) groups is 1. The molecule has 3 rings (SSSR count). The number of rotatable bonds is 8. The number of ether oxygens (including phenoxy) is 4. The first-order chi connectivity index (χ1) is 15.4. The number of ketones is 1. The molecule has 1 fully saturated rings. The average molecular weight is 477 g/mol. The van der Waals surface area contributed by atoms with Crippen molar-refractivity contribution in [1.82, 2.24) is 0 Å². The van der Waals surface area contributed by atoms with E-state index >= 15 is 0 Å². The summed E-state index contributed by atoms with van der Waals surface area (Å²) in [5, 5.41) is 0.866. The molecule has 0 bridgehead atoms. The van der Waals surface area contributed by atoms with Gasteiger partial charge in [-0.1, -0.05) is 23.2 Å². The van der Waals surface area contributed by atoms with Crippen LogP contribution in [-0.4, -0.2) is 33.2 Å². The van der Waals surface area contributed by atoms with Gasteiger partial charge in [-0.05, 0) is 74.2 Å². The van der Waals surface area contributed by atoms with Crippen LogP contribution in [0.3, 0.4) is 0 Å². The summed E-state index contributed by atoms with van der Waals surface area (Å²) in [4.78, 5) is 13.0. The van der Waals surface area contributed by atoms with Crippen LogP contribution in [0.4, 0.5) is 0 Å². The van der Waals surface area contributed by atoms with Gasteiger partial charge in [-0.25, -0.2) is 0 Å². The molecule has 2 aromatic rings. The van der Waals surface area contributed by atoms with E-state index in [0.29, 0.717) is 70.2 Å². The van der Waals surface area contributed by atoms with Crippen LogP contribution in [0, 0.1) is 0 Å². The maximum Gasteiger partial charge on any atom is 0.185 e. The lowest BCUT2D eigenvalue weighted by atomic mass is 10.1. The van der Waals surface area contributed by atoms with E-state index in [4.69, 9.17) is 42.1 Å². The number of hydrogen-bond acceptors (Lipinski definition) is 5. The van der Waals surface area contributed by atoms with Crippen LogP contribution in [0.15, 0.2) is 35.4 Å². The fraction of sp³-hybridized carbons (Fsp3) is 0.320. The van der Waals surface area contributed by atoms with Crippen molar-refractivity contribution in [2.24, 2.45) is 0 Å². The molecule has 1 aliphatic rings. The lowest BCUT2D eigenvalue weighted by Gasteiger charge is -2.12. The van der Waals surface area contributed by atoms with Gasteiger partial charge in [-0.15, -0.1) is 0 Å². The number of Topliss-reactive ketones (excluding diaryl/α,β-unsaturated/α-hetero) is 1. The first-order valence-electron chi connectivity index (χ1n) is 10.4. The van der Waals surface area contributed by atoms with E-state index in [1.54, 1.807) is 26.4 Å². The van der Waals surface area contributed by atoms with Gasteiger partial charge in [0.05, 0.1) is 37.5 Å². The molecule has 32 heavy (non-hydrogen) atoms. The predicted octanol–water partition coefficient (Wildman–Crippen LogP) is 6.64. The van der Waals surface area contributed by atoms with Crippen LogP contribution >= 0.6 is 23.2 Å². The van der Waals surface area contributed by atoms with Crippen LogP contribution in [0.2, 0.25) is 10.0 Å². The van der Waals surface area contributed by atoms with Crippen molar-refractivity contribution < 1.29 is 23.7 Å². The molecule has 0 unspecified atom stereocenters. The van der Waals surface area contributed by atoms with E-state index in [1.807, 2.05) is 38.1 Å². The van der Waals surface area contributed by atoms with Crippen molar-refractivity contribution in [2.45, 2.75) is 26.7 Å². The SMILES string of the molecule is CCOc1cc(/C=C2/CC/C(=C\c3cc(Cl)c(OC)c(OCC)c3)C2=O)cc(Cl)c1OC. The van der Waals surface area contributed by atoms with Gasteiger partial charge in [-0.2, -0.15) is 0 Å². The van der Waals surface area contributed by atoms with Gasteiger partial charge in [0.15, 0.2) is 28.8 Å². The monoisotopic (exact) mass is 476 g/mol. The summed E-state index contributed by atoms with van der Waals surface area (Å²) in [6.45, 7) is 4.73. The number of methoxy groups -OCH3 is 2. The molecule has 0 saturated heterocycles. The minimum atomic E-state index is -0.000184. The Morgan fingerprint density at radius 3 is 1.53 bits per heavy atom. The standard InChI is InChI=1S/C25H26Cl2O5/c1-5-31-21-13-15(11-19(26)24(21)29-3)9-17-7-8-18(23(17)28)10-16-12-20(27)25(30-4)22(14-16)32-6-2/h9-14H,5-8H2,1-4H3/b17-9-,18-10+. The summed E-state index contributed by atoms with van der Waals surface area (Å²) >= 11 is 12.7. The highest BCUT2D eigenvalue weighted by Crippen LogP contribution is 2.39. The second kappa shape index (κ2) is 10.8. The molecule has 0 aliphatic heterocycles. The Balaban J connectivity index is 1.91. The molecule has 0 N–H and O–H groups in total. The quantitative estimate of drug-likeness (QED) is 0.399. The first kappa shape index (κ1) is 24.0. The predicted molar refractivity (Wildman–Crippen MR) is 129 cm³/mol. The fourth-order valence-electron chi connectivity index (χ4n) is 3.65. The molecular formula is C25H26Cl2O5. The Morgan fingerprint density at radius 1 is 0.781 bits per heavy atom. The van der Waals surface area contributed by atoms with E-state index in [9.17, 15) is 4.79 Å². The van der Waals surface area contributed by atoms with Crippen LogP contribution in [0.1, 0.15) is 37.8 Å². The molecule has 170 valence electrons. The maximum absolute atomic E-state index is 13.0. The minimum absolute atomic E-state index is 0.000184. The lowest BCUT2D eigenvalue weighted by molar-refractivity contribution is -0.111. The third-order valence-electron chi connectivity index (χ3n) is 5.00. The van der Waals surface area contributed by atoms with E-state index in [1.165, 1.54) is 0 Å². The summed E-state index contributed by atoms with van der Waals surface area (Å²) < 4.78 is 21.9. The molecule has 0 aromatic heterocycles. The fourth-order valence-corrected chi connectivity index (χ4v) is 4.24. The number of hydrogen-bond donors (Lipinski definition) is 0. The average Bonchev–Trinajstić information content (AvgIpc) is 3.07. The molecule has 1 saturated carbocycles. The molecule has 2 aromatic carbocycles. The molecule has 7 heteroatoms. The van der Waals surface area contributed by atoms with Crippen molar-refractivity contribution in [3.05, 3.63) is 56.6 Å². The highest BCUT2D eigenvalue weighted by molar-refractivity contribution is 6.33. The van der Waals surface area contributed by atoms with Gasteiger partial charge in [0.25, 0.3) is 0 Å². The van der Waals surface area contributed by atoms with Gasteiger partial charge in [0.2, 0.25) is 0 Å². The Morgan fingerprint density at radius 2 is 1.19 bits per heavy atom. The van der Waals surface area contributed by atoms with E-state index in [0.717, 1.165) is 11.1 Å². The number of carbonyl (C=O) groups excluding carboxylic acids is 1. The molecule has 5 nitrogen and oxygen atoms in total. The molecule has 0 spiro atoms. The summed E-state index contributed by atoms with van der Waals surface area (Å²) in [5.74, 6) is 2.06. The number of halogens is 2. The molecule has 0 atom stereocenters. The second-order valence-electron chi connectivity index (χ2n) is 7.10. The van der Waals surface area contributed by atoms with E-state index in [-0.39, 0.29) is 5.78 Å². The highest BCUT2D eigenvalue weighted by atomic mass is 35.5. The zero-order chi connectivity index (χ0) is 23.3. The zero-order valence-electron chi connectivity index (χ0n) is 18.6. The van der Waals surface area contributed by atoms with E-state index < -0.39 is 0 Å². The second-order valence-corrected chi connectivity index (χ2v) is 7.92. The number of benzene rings is 2. The molecule has 0 amide bonds. The summed E-state index contributed by atoms with van der Waals surface area (Å²) in [6.07, 6.45) is 4.98. The summed E-state index contributed by atoms with van der Waals surface area (Å²) in [5.41, 5.74) is 3.00. The molecule has 0 radical (unpaired) electrons. The minimum Gasteiger partial charge on any atom is -0.491 e. The maximum atomic E-state index is 13.0. The van der Waals surface area contributed by atoms with Gasteiger partial charge in [0, 0.05) is 11.1 Å². The highest BCUT2D eigenvalue weighted by Gasteiger charge is 2.24. The Bertz CT molecular complexity index is 989. The number of allylic oxidation sites excluding steroid dienone is 2. The zero-order valence-corrected chi connectivity index (χ0v) is 20.1. The first-order valence-corrected chi connectivity index (χ1v) is 11.1. The Hall–Kier alpha value is -2.63. The van der Waals surface area contributed by atoms with Crippen molar-refractivity contribution in [1.29, 1.82) is 0 Å². The van der Waals surface area contributed by atoms with Crippen LogP contribution < -0.4 is 18.9 Å². The summed E-state index contributed by atoms with van der Waals surface area (Å²) in [6, 6.07) is 7.19. The van der Waals surface area contributed by atoms with Crippen molar-refractivity contribution in [3.63, 3.8) is 0 Å². The van der Waals surface area contributed by atoms with Crippen LogP contribution in [0.25, 0.3) is 12.2 Å². The van der Waals surface area contributed by atoms with Gasteiger partial charge in [0.1, 0.15) is 0 Å². The van der Waals surface area contributed by atoms with E-state index in [2.05, 4.69) is 0 Å². The van der Waals surface area contributed by atoms with Crippen LogP contribution in [0.5, 0.6) is 23.0 Å². The normalized spacial score (nSPS) is 16.0. The third kappa shape index (κ3) is 5.22. The third-order valence-corrected chi connectivity index (χ3v) is 5.56. The Labute approximate surface area is 198 Å². The largest absolute Gasteiger partial charge is 0.491 e. The topological polar surface area (TPSA) is 54.0 Å². The van der Waals surface area contributed by atoms with Crippen LogP contribution in [-0.2, 0) is 4.79 Å². The van der Waals surface area contributed by atoms with Gasteiger partial charge < -0.3 is 18.9 Å². The molecule has 0 heterocycles. The lowest BCUT2D eigenvalue weighted by Crippen LogP contribution is -1.99. The van der Waals surface area contributed by atoms with Gasteiger partial charge in [-0.3, -0.25) is 4.79 Å².